The lowest BCUT2D eigenvalue weighted by Gasteiger charge is -2.64. The van der Waals surface area contributed by atoms with Crippen LogP contribution in [0.5, 0.6) is 11.5 Å². The molecule has 6 nitrogen and oxygen atoms in total. The van der Waals surface area contributed by atoms with Crippen LogP contribution in [0.3, 0.4) is 0 Å². The minimum atomic E-state index is -0.463. The molecule has 5 atom stereocenters. The lowest BCUT2D eigenvalue weighted by atomic mass is 9.43. The number of nitrogens with zero attached hydrogens (tertiary/aromatic N) is 1. The maximum absolute atomic E-state index is 12.8. The molecule has 31 heavy (non-hydrogen) atoms. The van der Waals surface area contributed by atoms with Crippen molar-refractivity contribution in [2.24, 2.45) is 22.7 Å². The van der Waals surface area contributed by atoms with E-state index >= 15 is 0 Å². The van der Waals surface area contributed by atoms with Crippen molar-refractivity contribution in [3.8, 4) is 11.5 Å². The Labute approximate surface area is 184 Å². The number of benzene rings is 1. The van der Waals surface area contributed by atoms with Crippen molar-refractivity contribution in [2.45, 2.75) is 78.0 Å². The molecular formula is C25H35NO5. The second-order valence-electron chi connectivity index (χ2n) is 11.2. The number of rotatable bonds is 2. The van der Waals surface area contributed by atoms with Crippen LogP contribution in [0.2, 0.25) is 0 Å². The van der Waals surface area contributed by atoms with E-state index in [1.54, 1.807) is 11.0 Å². The third kappa shape index (κ3) is 2.55. The molecule has 2 saturated carbocycles. The fourth-order valence-electron chi connectivity index (χ4n) is 7.63. The molecule has 1 amide bonds. The number of carbonyl (C=O) groups is 1. The van der Waals surface area contributed by atoms with Crippen molar-refractivity contribution < 1.29 is 24.9 Å². The predicted molar refractivity (Wildman–Crippen MR) is 116 cm³/mol. The number of aliphatic hydroxyl groups excluding tert-OH is 2. The van der Waals surface area contributed by atoms with Crippen LogP contribution >= 0.6 is 0 Å². The quantitative estimate of drug-likeness (QED) is 0.671. The Morgan fingerprint density at radius 1 is 1.19 bits per heavy atom. The number of phenolic OH excluding ortho intramolecular Hbond substituents is 1. The lowest BCUT2D eigenvalue weighted by Crippen LogP contribution is -2.66. The summed E-state index contributed by atoms with van der Waals surface area (Å²) >= 11 is 0. The van der Waals surface area contributed by atoms with Gasteiger partial charge in [0.15, 0.2) is 0 Å². The van der Waals surface area contributed by atoms with E-state index in [9.17, 15) is 20.1 Å². The molecule has 3 N–H and O–H groups in total. The van der Waals surface area contributed by atoms with Gasteiger partial charge in [-0.1, -0.05) is 27.7 Å². The van der Waals surface area contributed by atoms with Gasteiger partial charge in [0.1, 0.15) is 17.1 Å². The number of β-amino-alcohol motifs (C(OH)–C–C–N with tert-alkyl or cyclic N) is 1. The molecule has 2 aliphatic carbocycles. The summed E-state index contributed by atoms with van der Waals surface area (Å²) in [4.78, 5) is 14.4. The van der Waals surface area contributed by atoms with Crippen LogP contribution in [0.1, 0.15) is 74.9 Å². The van der Waals surface area contributed by atoms with Crippen molar-refractivity contribution in [2.75, 3.05) is 13.2 Å². The van der Waals surface area contributed by atoms with Crippen LogP contribution in [0.25, 0.3) is 0 Å². The van der Waals surface area contributed by atoms with Gasteiger partial charge in [0.2, 0.25) is 0 Å². The van der Waals surface area contributed by atoms with Gasteiger partial charge in [0.05, 0.1) is 24.8 Å². The van der Waals surface area contributed by atoms with Crippen molar-refractivity contribution in [1.82, 2.24) is 4.90 Å². The monoisotopic (exact) mass is 429 g/mol. The van der Waals surface area contributed by atoms with Gasteiger partial charge in [-0.3, -0.25) is 4.79 Å². The first-order chi connectivity index (χ1) is 14.6. The van der Waals surface area contributed by atoms with Gasteiger partial charge < -0.3 is 25.0 Å². The third-order valence-corrected chi connectivity index (χ3v) is 9.54. The van der Waals surface area contributed by atoms with E-state index in [1.165, 1.54) is 0 Å². The molecule has 0 aromatic heterocycles. The highest BCUT2D eigenvalue weighted by molar-refractivity contribution is 6.00. The summed E-state index contributed by atoms with van der Waals surface area (Å²) in [7, 11) is 0. The third-order valence-electron chi connectivity index (χ3n) is 9.54. The Morgan fingerprint density at radius 3 is 2.65 bits per heavy atom. The van der Waals surface area contributed by atoms with E-state index in [0.29, 0.717) is 36.1 Å². The first-order valence-corrected chi connectivity index (χ1v) is 11.7. The molecule has 0 unspecified atom stereocenters. The van der Waals surface area contributed by atoms with Crippen LogP contribution in [0.4, 0.5) is 0 Å². The molecule has 2 heterocycles. The Kier molecular flexibility index (Phi) is 4.49. The molecule has 5 rings (SSSR count). The second kappa shape index (κ2) is 6.61. The smallest absolute Gasteiger partial charge is 0.254 e. The minimum absolute atomic E-state index is 0.0904. The first kappa shape index (κ1) is 21.1. The molecule has 0 radical (unpaired) electrons. The summed E-state index contributed by atoms with van der Waals surface area (Å²) in [6.45, 7) is 9.55. The summed E-state index contributed by atoms with van der Waals surface area (Å²) in [5.41, 5.74) is 1.35. The predicted octanol–water partition coefficient (Wildman–Crippen LogP) is 3.25. The Balaban J connectivity index is 1.61. The van der Waals surface area contributed by atoms with Gasteiger partial charge in [-0.2, -0.15) is 0 Å². The maximum atomic E-state index is 12.8. The largest absolute Gasteiger partial charge is 0.508 e. The highest BCUT2D eigenvalue weighted by atomic mass is 16.5. The molecule has 6 heteroatoms. The Bertz CT molecular complexity index is 942. The fourth-order valence-corrected chi connectivity index (χ4v) is 7.63. The average Bonchev–Trinajstić information content (AvgIpc) is 3.26. The number of hydrogen-bond acceptors (Lipinski definition) is 5. The van der Waals surface area contributed by atoms with E-state index in [4.69, 9.17) is 4.74 Å². The summed E-state index contributed by atoms with van der Waals surface area (Å²) in [5, 5.41) is 31.1. The molecule has 0 bridgehead atoms. The summed E-state index contributed by atoms with van der Waals surface area (Å²) in [6.07, 6.45) is 4.04. The fraction of sp³-hybridized carbons (Fsp3) is 0.720. The van der Waals surface area contributed by atoms with Crippen molar-refractivity contribution in [3.05, 3.63) is 22.8 Å². The van der Waals surface area contributed by atoms with Gasteiger partial charge in [-0.25, -0.2) is 0 Å². The van der Waals surface area contributed by atoms with E-state index in [0.717, 1.165) is 36.8 Å². The van der Waals surface area contributed by atoms with Crippen LogP contribution in [-0.4, -0.2) is 51.0 Å². The van der Waals surface area contributed by atoms with E-state index in [-0.39, 0.29) is 41.7 Å². The normalized spacial score (nSPS) is 38.1. The number of ether oxygens (including phenoxy) is 1. The second-order valence-corrected chi connectivity index (χ2v) is 11.2. The maximum Gasteiger partial charge on any atom is 0.254 e. The topological polar surface area (TPSA) is 90.2 Å². The molecule has 0 saturated heterocycles. The number of aliphatic hydroxyl groups is 2. The highest BCUT2D eigenvalue weighted by Crippen LogP contribution is 2.67. The van der Waals surface area contributed by atoms with Crippen molar-refractivity contribution >= 4 is 5.91 Å². The SMILES string of the molecule is C[C@@H]1CC[C@H]2C(C)(C)[C@H](O)CC[C@]2(C)[C@@]12Cc1c(O)cc3c(c1O2)CN(CCO)C3=O. The number of hydrogen-bond donors (Lipinski definition) is 3. The number of carbonyl (C=O) groups excluding carboxylic acids is 1. The zero-order valence-electron chi connectivity index (χ0n) is 19.1. The van der Waals surface area contributed by atoms with Crippen LogP contribution < -0.4 is 4.74 Å². The van der Waals surface area contributed by atoms with Crippen LogP contribution in [0.15, 0.2) is 6.07 Å². The van der Waals surface area contributed by atoms with E-state index in [1.807, 2.05) is 0 Å². The van der Waals surface area contributed by atoms with E-state index in [2.05, 4.69) is 27.7 Å². The first-order valence-electron chi connectivity index (χ1n) is 11.7. The van der Waals surface area contributed by atoms with Gasteiger partial charge in [0, 0.05) is 29.5 Å². The summed E-state index contributed by atoms with van der Waals surface area (Å²) in [6, 6.07) is 1.60. The molecule has 1 aromatic carbocycles. The standard InChI is InChI=1S/C25H35NO5/c1-14-5-6-19-23(2,3)20(29)7-8-24(19,4)25(14)12-16-18(28)11-15-17(21(16)31-25)13-26(9-10-27)22(15)30/h11,14,19-20,27-29H,5-10,12-13H2,1-4H3/t14-,19+,20-,24+,25-/m1/s1. The number of amides is 1. The molecule has 1 aromatic rings. The van der Waals surface area contributed by atoms with Gasteiger partial charge in [0.25, 0.3) is 5.91 Å². The molecule has 2 aliphatic heterocycles. The molecule has 2 fully saturated rings. The van der Waals surface area contributed by atoms with Crippen molar-refractivity contribution in [3.63, 3.8) is 0 Å². The number of phenols is 1. The summed E-state index contributed by atoms with van der Waals surface area (Å²) in [5.74, 6) is 1.28. The minimum Gasteiger partial charge on any atom is -0.508 e. The van der Waals surface area contributed by atoms with Gasteiger partial charge in [-0.15, -0.1) is 0 Å². The Hall–Kier alpha value is -1.79. The zero-order valence-corrected chi connectivity index (χ0v) is 19.1. The Morgan fingerprint density at radius 2 is 1.94 bits per heavy atom. The summed E-state index contributed by atoms with van der Waals surface area (Å²) < 4.78 is 6.96. The number of fused-ring (bicyclic) bond motifs is 5. The van der Waals surface area contributed by atoms with Gasteiger partial charge in [-0.05, 0) is 49.0 Å². The molecule has 4 aliphatic rings. The van der Waals surface area contributed by atoms with Crippen LogP contribution in [0, 0.1) is 22.7 Å². The lowest BCUT2D eigenvalue weighted by molar-refractivity contribution is -0.210. The van der Waals surface area contributed by atoms with Gasteiger partial charge >= 0.3 is 0 Å². The van der Waals surface area contributed by atoms with Crippen LogP contribution in [-0.2, 0) is 13.0 Å². The average molecular weight is 430 g/mol. The highest BCUT2D eigenvalue weighted by Gasteiger charge is 2.67. The molecular weight excluding hydrogens is 394 g/mol. The van der Waals surface area contributed by atoms with Crippen molar-refractivity contribution in [1.29, 1.82) is 0 Å². The zero-order chi connectivity index (χ0) is 22.3. The number of aromatic hydroxyl groups is 1. The molecule has 1 spiro atoms. The van der Waals surface area contributed by atoms with E-state index < -0.39 is 5.60 Å². The molecule has 170 valence electrons.